The minimum absolute atomic E-state index is 0.105. The molecule has 1 rings (SSSR count). The first-order valence-corrected chi connectivity index (χ1v) is 4.01. The van der Waals surface area contributed by atoms with Crippen molar-refractivity contribution in [3.63, 3.8) is 0 Å². The molecule has 0 amide bonds. The summed E-state index contributed by atoms with van der Waals surface area (Å²) in [6.45, 7) is 3.76. The molecular formula is C9H12F3N. The predicted octanol–water partition coefficient (Wildman–Crippen LogP) is 2.97. The minimum Gasteiger partial charge on any atom is -0.207 e. The van der Waals surface area contributed by atoms with Gasteiger partial charge in [0.1, 0.15) is 11.6 Å². The fraction of sp³-hybridized carbons (Fsp3) is 0.333. The van der Waals surface area contributed by atoms with Gasteiger partial charge < -0.3 is 0 Å². The summed E-state index contributed by atoms with van der Waals surface area (Å²) in [5.41, 5.74) is 1.39. The van der Waals surface area contributed by atoms with Gasteiger partial charge in [0.2, 0.25) is 0 Å². The van der Waals surface area contributed by atoms with Gasteiger partial charge in [0.25, 0.3) is 0 Å². The summed E-state index contributed by atoms with van der Waals surface area (Å²) >= 11 is 0. The number of halogens is 3. The molecule has 4 heteroatoms. The van der Waals surface area contributed by atoms with Crippen molar-refractivity contribution in [2.75, 3.05) is 0 Å². The van der Waals surface area contributed by atoms with E-state index in [0.29, 0.717) is 6.07 Å². The molecular weight excluding hydrogens is 179 g/mol. The van der Waals surface area contributed by atoms with E-state index in [1.807, 2.05) is 13.8 Å². The second-order valence-corrected chi connectivity index (χ2v) is 2.05. The average molecular weight is 191 g/mol. The zero-order valence-corrected chi connectivity index (χ0v) is 7.57. The Labute approximate surface area is 75.5 Å². The summed E-state index contributed by atoms with van der Waals surface area (Å²) in [4.78, 5) is 0. The molecule has 0 unspecified atom stereocenters. The minimum atomic E-state index is -0.741. The van der Waals surface area contributed by atoms with Crippen LogP contribution >= 0.6 is 0 Å². The monoisotopic (exact) mass is 191 g/mol. The first-order valence-electron chi connectivity index (χ1n) is 4.01. The summed E-state index contributed by atoms with van der Waals surface area (Å²) in [6.07, 6.45) is 0. The lowest BCUT2D eigenvalue weighted by atomic mass is 10.2. The van der Waals surface area contributed by atoms with Gasteiger partial charge in [0.05, 0.1) is 6.54 Å². The molecule has 0 radical (unpaired) electrons. The Morgan fingerprint density at radius 1 is 1.23 bits per heavy atom. The van der Waals surface area contributed by atoms with Crippen LogP contribution in [0.4, 0.5) is 13.3 Å². The van der Waals surface area contributed by atoms with Gasteiger partial charge in [-0.3, -0.25) is 0 Å². The summed E-state index contributed by atoms with van der Waals surface area (Å²) in [5, 5.41) is 0. The van der Waals surface area contributed by atoms with Crippen molar-refractivity contribution in [2.45, 2.75) is 20.4 Å². The van der Waals surface area contributed by atoms with Crippen molar-refractivity contribution >= 4 is 0 Å². The highest BCUT2D eigenvalue weighted by molar-refractivity contribution is 5.17. The Morgan fingerprint density at radius 2 is 1.85 bits per heavy atom. The van der Waals surface area contributed by atoms with Crippen LogP contribution in [0.2, 0.25) is 0 Å². The van der Waals surface area contributed by atoms with Crippen LogP contribution in [-0.2, 0) is 6.54 Å². The number of rotatable bonds is 2. The third-order valence-electron chi connectivity index (χ3n) is 1.27. The molecule has 1 aromatic carbocycles. The van der Waals surface area contributed by atoms with E-state index in [9.17, 15) is 13.3 Å². The van der Waals surface area contributed by atoms with Gasteiger partial charge in [0, 0.05) is 11.6 Å². The predicted molar refractivity (Wildman–Crippen MR) is 45.7 cm³/mol. The van der Waals surface area contributed by atoms with Gasteiger partial charge in [0.15, 0.2) is 0 Å². The Balaban J connectivity index is 0.000000671. The highest BCUT2D eigenvalue weighted by Crippen LogP contribution is 2.08. The largest absolute Gasteiger partial charge is 0.207 e. The van der Waals surface area contributed by atoms with E-state index >= 15 is 0 Å². The zero-order valence-electron chi connectivity index (χ0n) is 7.57. The molecule has 0 bridgehead atoms. The van der Waals surface area contributed by atoms with Crippen LogP contribution in [0.1, 0.15) is 19.4 Å². The van der Waals surface area contributed by atoms with Crippen molar-refractivity contribution < 1.29 is 13.3 Å². The van der Waals surface area contributed by atoms with E-state index < -0.39 is 11.6 Å². The molecule has 0 aliphatic heterocycles. The van der Waals surface area contributed by atoms with E-state index in [1.165, 1.54) is 11.6 Å². The third-order valence-corrected chi connectivity index (χ3v) is 1.27. The van der Waals surface area contributed by atoms with Gasteiger partial charge in [-0.2, -0.15) is 5.54 Å². The maximum absolute atomic E-state index is 12.6. The molecule has 1 N–H and O–H groups in total. The Bertz CT molecular complexity index is 251. The van der Waals surface area contributed by atoms with E-state index in [-0.39, 0.29) is 12.1 Å². The van der Waals surface area contributed by atoms with Gasteiger partial charge in [-0.25, -0.2) is 8.78 Å². The highest BCUT2D eigenvalue weighted by atomic mass is 19.2. The molecule has 0 saturated carbocycles. The fourth-order valence-electron chi connectivity index (χ4n) is 0.737. The van der Waals surface area contributed by atoms with E-state index in [1.54, 1.807) is 0 Å². The summed E-state index contributed by atoms with van der Waals surface area (Å²) in [6, 6.07) is 2.99. The second kappa shape index (κ2) is 6.48. The van der Waals surface area contributed by atoms with Crippen molar-refractivity contribution in [1.29, 1.82) is 0 Å². The highest BCUT2D eigenvalue weighted by Gasteiger charge is 2.01. The molecule has 0 spiro atoms. The maximum Gasteiger partial charge on any atom is 0.130 e. The maximum atomic E-state index is 12.6. The van der Waals surface area contributed by atoms with Crippen LogP contribution < -0.4 is 5.54 Å². The lowest BCUT2D eigenvalue weighted by Crippen LogP contribution is -2.02. The smallest absolute Gasteiger partial charge is 0.130 e. The van der Waals surface area contributed by atoms with Crippen molar-refractivity contribution in [3.05, 3.63) is 35.4 Å². The third kappa shape index (κ3) is 3.94. The normalized spacial score (nSPS) is 9.00. The molecule has 74 valence electrons. The SMILES string of the molecule is CC.FNCc1ccc(F)cc1F. The van der Waals surface area contributed by atoms with Crippen LogP contribution in [0.25, 0.3) is 0 Å². The molecule has 0 aliphatic carbocycles. The molecule has 0 heterocycles. The average Bonchev–Trinajstić information content (AvgIpc) is 2.14. The molecule has 0 aromatic heterocycles. The van der Waals surface area contributed by atoms with Crippen molar-refractivity contribution in [2.24, 2.45) is 0 Å². The Kier molecular flexibility index (Phi) is 5.97. The van der Waals surface area contributed by atoms with Crippen molar-refractivity contribution in [1.82, 2.24) is 5.54 Å². The zero-order chi connectivity index (χ0) is 10.3. The van der Waals surface area contributed by atoms with Gasteiger partial charge >= 0.3 is 0 Å². The Morgan fingerprint density at radius 3 is 2.31 bits per heavy atom. The van der Waals surface area contributed by atoms with Gasteiger partial charge in [-0.1, -0.05) is 19.9 Å². The number of hydrogen-bond acceptors (Lipinski definition) is 1. The molecule has 0 aliphatic rings. The standard InChI is InChI=1S/C7H6F3N.C2H6/c8-6-2-1-5(4-11-10)7(9)3-6;1-2/h1-3,11H,4H2;1-2H3. The van der Waals surface area contributed by atoms with E-state index in [4.69, 9.17) is 0 Å². The van der Waals surface area contributed by atoms with E-state index in [0.717, 1.165) is 6.07 Å². The quantitative estimate of drug-likeness (QED) is 0.708. The van der Waals surface area contributed by atoms with Crippen molar-refractivity contribution in [3.8, 4) is 0 Å². The lowest BCUT2D eigenvalue weighted by molar-refractivity contribution is 0.326. The fourth-order valence-corrected chi connectivity index (χ4v) is 0.737. The number of benzene rings is 1. The Hall–Kier alpha value is -1.03. The molecule has 0 atom stereocenters. The summed E-state index contributed by atoms with van der Waals surface area (Å²) < 4.78 is 36.3. The van der Waals surface area contributed by atoms with Crippen LogP contribution in [0.3, 0.4) is 0 Å². The second-order valence-electron chi connectivity index (χ2n) is 2.05. The lowest BCUT2D eigenvalue weighted by Gasteiger charge is -1.98. The summed E-state index contributed by atoms with van der Waals surface area (Å²) in [5.74, 6) is -1.40. The van der Waals surface area contributed by atoms with Crippen LogP contribution in [0.5, 0.6) is 0 Å². The van der Waals surface area contributed by atoms with Gasteiger partial charge in [-0.15, -0.1) is 4.48 Å². The van der Waals surface area contributed by atoms with E-state index in [2.05, 4.69) is 0 Å². The molecule has 0 fully saturated rings. The summed E-state index contributed by atoms with van der Waals surface area (Å²) in [7, 11) is 0. The topological polar surface area (TPSA) is 12.0 Å². The number of nitrogens with one attached hydrogen (secondary N) is 1. The van der Waals surface area contributed by atoms with Crippen LogP contribution in [-0.4, -0.2) is 0 Å². The van der Waals surface area contributed by atoms with Gasteiger partial charge in [-0.05, 0) is 6.07 Å². The number of hydrogen-bond donors (Lipinski definition) is 1. The first kappa shape index (κ1) is 12.0. The molecule has 13 heavy (non-hydrogen) atoms. The van der Waals surface area contributed by atoms with Crippen LogP contribution in [0, 0.1) is 11.6 Å². The molecule has 1 nitrogen and oxygen atoms in total. The molecule has 0 saturated heterocycles. The first-order chi connectivity index (χ1) is 6.24. The van der Waals surface area contributed by atoms with Crippen LogP contribution in [0.15, 0.2) is 18.2 Å². The molecule has 1 aromatic rings.